The zero-order valence-electron chi connectivity index (χ0n) is 10.6. The van der Waals surface area contributed by atoms with Crippen LogP contribution >= 0.6 is 0 Å². The van der Waals surface area contributed by atoms with Crippen molar-refractivity contribution in [2.45, 2.75) is 18.9 Å². The molecule has 4 heteroatoms. The Kier molecular flexibility index (Phi) is 4.25. The van der Waals surface area contributed by atoms with Crippen LogP contribution in [0.4, 0.5) is 5.69 Å². The second-order valence-electron chi connectivity index (χ2n) is 4.52. The van der Waals surface area contributed by atoms with Crippen LogP contribution in [-0.2, 0) is 17.7 Å². The van der Waals surface area contributed by atoms with Crippen LogP contribution in [-0.4, -0.2) is 19.7 Å². The van der Waals surface area contributed by atoms with E-state index in [0.717, 1.165) is 29.3 Å². The maximum Gasteiger partial charge on any atom is 0.0978 e. The van der Waals surface area contributed by atoms with Crippen LogP contribution in [0.15, 0.2) is 54.6 Å². The third-order valence-electron chi connectivity index (χ3n) is 3.20. The lowest BCUT2D eigenvalue weighted by Crippen LogP contribution is -2.35. The first-order valence-electron chi connectivity index (χ1n) is 6.10. The summed E-state index contributed by atoms with van der Waals surface area (Å²) in [7, 11) is 0. The summed E-state index contributed by atoms with van der Waals surface area (Å²) in [5.74, 6) is 0. The standard InChI is InChI=1S/C15H15NO2.B/c17-16-15-9-5-4-8-13(15)11-14(18-16)10-12-6-2-1-3-7-12;/h1-9,14,17H,10-11H2;. The number of hydrogen-bond donors (Lipinski definition) is 1. The molecule has 0 spiro atoms. The van der Waals surface area contributed by atoms with Crippen molar-refractivity contribution >= 4 is 14.1 Å². The van der Waals surface area contributed by atoms with E-state index in [0.29, 0.717) is 0 Å². The van der Waals surface area contributed by atoms with E-state index < -0.39 is 0 Å². The molecule has 3 rings (SSSR count). The zero-order chi connectivity index (χ0) is 12.4. The predicted molar refractivity (Wildman–Crippen MR) is 75.2 cm³/mol. The van der Waals surface area contributed by atoms with Crippen LogP contribution in [0.5, 0.6) is 0 Å². The van der Waals surface area contributed by atoms with Gasteiger partial charge in [0, 0.05) is 21.3 Å². The van der Waals surface area contributed by atoms with Crippen LogP contribution in [0.25, 0.3) is 0 Å². The highest BCUT2D eigenvalue weighted by atomic mass is 16.9. The van der Waals surface area contributed by atoms with Crippen LogP contribution < -0.4 is 5.23 Å². The molecular formula is C15H15BNO2. The van der Waals surface area contributed by atoms with Crippen LogP contribution in [0.3, 0.4) is 0 Å². The number of para-hydroxylation sites is 1. The molecule has 0 saturated heterocycles. The highest BCUT2D eigenvalue weighted by Crippen LogP contribution is 2.28. The molecule has 3 nitrogen and oxygen atoms in total. The van der Waals surface area contributed by atoms with Gasteiger partial charge in [0.25, 0.3) is 0 Å². The van der Waals surface area contributed by atoms with Crippen LogP contribution in [0.1, 0.15) is 11.1 Å². The summed E-state index contributed by atoms with van der Waals surface area (Å²) in [6, 6.07) is 17.9. The SMILES string of the molecule is ON1OC(Cc2ccccc2)Cc2ccccc21.[B]. The van der Waals surface area contributed by atoms with E-state index in [1.54, 1.807) is 0 Å². The molecule has 0 bridgehead atoms. The first-order valence-corrected chi connectivity index (χ1v) is 6.10. The molecule has 19 heavy (non-hydrogen) atoms. The van der Waals surface area contributed by atoms with Gasteiger partial charge in [0.05, 0.1) is 11.8 Å². The topological polar surface area (TPSA) is 32.7 Å². The maximum absolute atomic E-state index is 9.82. The van der Waals surface area contributed by atoms with Crippen LogP contribution in [0.2, 0.25) is 0 Å². The Morgan fingerprint density at radius 2 is 1.74 bits per heavy atom. The van der Waals surface area contributed by atoms with Gasteiger partial charge in [-0.25, -0.2) is 4.84 Å². The normalized spacial score (nSPS) is 17.5. The van der Waals surface area contributed by atoms with Crippen molar-refractivity contribution in [2.24, 2.45) is 0 Å². The lowest BCUT2D eigenvalue weighted by molar-refractivity contribution is -0.0916. The second kappa shape index (κ2) is 5.91. The molecule has 1 aliphatic rings. The number of fused-ring (bicyclic) bond motifs is 1. The molecule has 0 saturated carbocycles. The molecule has 3 radical (unpaired) electrons. The Morgan fingerprint density at radius 3 is 2.53 bits per heavy atom. The van der Waals surface area contributed by atoms with Gasteiger partial charge in [0.1, 0.15) is 0 Å². The molecular weight excluding hydrogens is 237 g/mol. The molecule has 2 aromatic carbocycles. The van der Waals surface area contributed by atoms with Gasteiger partial charge in [-0.1, -0.05) is 48.5 Å². The average Bonchev–Trinajstić information content (AvgIpc) is 2.40. The summed E-state index contributed by atoms with van der Waals surface area (Å²) in [6.07, 6.45) is 1.60. The molecule has 1 heterocycles. The quantitative estimate of drug-likeness (QED) is 0.834. The third kappa shape index (κ3) is 2.97. The summed E-state index contributed by atoms with van der Waals surface area (Å²) in [6.45, 7) is 0. The minimum absolute atomic E-state index is 0. The molecule has 1 N–H and O–H groups in total. The Morgan fingerprint density at radius 1 is 1.05 bits per heavy atom. The van der Waals surface area contributed by atoms with Crippen molar-refractivity contribution in [1.29, 1.82) is 0 Å². The summed E-state index contributed by atoms with van der Waals surface area (Å²) in [5, 5.41) is 10.7. The zero-order valence-corrected chi connectivity index (χ0v) is 10.6. The van der Waals surface area contributed by atoms with Crippen molar-refractivity contribution in [3.8, 4) is 0 Å². The van der Waals surface area contributed by atoms with E-state index in [1.807, 2.05) is 42.5 Å². The molecule has 95 valence electrons. The molecule has 0 aromatic heterocycles. The van der Waals surface area contributed by atoms with Crippen molar-refractivity contribution in [3.05, 3.63) is 65.7 Å². The Balaban J connectivity index is 0.00000133. The highest BCUT2D eigenvalue weighted by molar-refractivity contribution is 5.75. The summed E-state index contributed by atoms with van der Waals surface area (Å²) < 4.78 is 0. The predicted octanol–water partition coefficient (Wildman–Crippen LogP) is 2.60. The van der Waals surface area contributed by atoms with Crippen molar-refractivity contribution in [1.82, 2.24) is 0 Å². The molecule has 1 atom stereocenters. The molecule has 1 aliphatic heterocycles. The van der Waals surface area contributed by atoms with Crippen molar-refractivity contribution in [3.63, 3.8) is 0 Å². The monoisotopic (exact) mass is 252 g/mol. The number of nitrogens with zero attached hydrogens (tertiary/aromatic N) is 1. The Hall–Kier alpha value is -1.78. The van der Waals surface area contributed by atoms with E-state index in [1.165, 1.54) is 5.56 Å². The van der Waals surface area contributed by atoms with Gasteiger partial charge in [-0.2, -0.15) is 0 Å². The summed E-state index contributed by atoms with van der Waals surface area (Å²) in [4.78, 5) is 5.51. The molecule has 0 amide bonds. The van der Waals surface area contributed by atoms with Gasteiger partial charge in [-0.15, -0.1) is 5.23 Å². The van der Waals surface area contributed by atoms with Crippen LogP contribution in [0, 0.1) is 0 Å². The molecule has 0 fully saturated rings. The smallest absolute Gasteiger partial charge is 0.0978 e. The second-order valence-corrected chi connectivity index (χ2v) is 4.52. The minimum atomic E-state index is -0.0210. The number of hydrogen-bond acceptors (Lipinski definition) is 3. The van der Waals surface area contributed by atoms with Crippen molar-refractivity contribution < 1.29 is 10.0 Å². The molecule has 0 aliphatic carbocycles. The summed E-state index contributed by atoms with van der Waals surface area (Å²) in [5.41, 5.74) is 3.07. The average molecular weight is 252 g/mol. The maximum atomic E-state index is 9.82. The first kappa shape index (κ1) is 13.7. The van der Waals surface area contributed by atoms with Gasteiger partial charge in [-0.3, -0.25) is 5.21 Å². The lowest BCUT2D eigenvalue weighted by Gasteiger charge is -2.30. The largest absolute Gasteiger partial charge is 0.264 e. The highest BCUT2D eigenvalue weighted by Gasteiger charge is 2.24. The lowest BCUT2D eigenvalue weighted by atomic mass is 9.99. The van der Waals surface area contributed by atoms with E-state index in [-0.39, 0.29) is 14.5 Å². The summed E-state index contributed by atoms with van der Waals surface area (Å²) >= 11 is 0. The third-order valence-corrected chi connectivity index (χ3v) is 3.20. The Bertz CT molecular complexity index is 533. The molecule has 1 unspecified atom stereocenters. The fraction of sp³-hybridized carbons (Fsp3) is 0.200. The molecule has 2 aromatic rings. The fourth-order valence-corrected chi connectivity index (χ4v) is 2.34. The van der Waals surface area contributed by atoms with E-state index in [4.69, 9.17) is 4.84 Å². The van der Waals surface area contributed by atoms with Gasteiger partial charge in [0.15, 0.2) is 0 Å². The van der Waals surface area contributed by atoms with Gasteiger partial charge >= 0.3 is 0 Å². The first-order chi connectivity index (χ1) is 8.83. The minimum Gasteiger partial charge on any atom is -0.264 e. The number of anilines is 1. The van der Waals surface area contributed by atoms with Gasteiger partial charge < -0.3 is 0 Å². The van der Waals surface area contributed by atoms with Gasteiger partial charge in [0.2, 0.25) is 0 Å². The van der Waals surface area contributed by atoms with E-state index >= 15 is 0 Å². The number of benzene rings is 2. The Labute approximate surface area is 114 Å². The van der Waals surface area contributed by atoms with E-state index in [2.05, 4.69) is 12.1 Å². The van der Waals surface area contributed by atoms with Crippen molar-refractivity contribution in [2.75, 3.05) is 5.23 Å². The van der Waals surface area contributed by atoms with E-state index in [9.17, 15) is 5.21 Å². The van der Waals surface area contributed by atoms with Gasteiger partial charge in [-0.05, 0) is 17.2 Å². The number of rotatable bonds is 2. The fourth-order valence-electron chi connectivity index (χ4n) is 2.34.